The normalized spacial score (nSPS) is 11.2. The topological polar surface area (TPSA) is 103 Å². The number of anilines is 1. The van der Waals surface area contributed by atoms with Crippen molar-refractivity contribution in [1.82, 2.24) is 5.32 Å². The first kappa shape index (κ1) is 23.0. The Hall–Kier alpha value is -3.26. The molecule has 2 rings (SSSR count). The molecule has 30 heavy (non-hydrogen) atoms. The van der Waals surface area contributed by atoms with Crippen LogP contribution >= 0.6 is 11.6 Å². The molecule has 1 unspecified atom stereocenters. The van der Waals surface area contributed by atoms with Gasteiger partial charge < -0.3 is 19.5 Å². The zero-order valence-electron chi connectivity index (χ0n) is 16.9. The minimum Gasteiger partial charge on any atom is -0.493 e. The summed E-state index contributed by atoms with van der Waals surface area (Å²) < 4.78 is 15.9. The smallest absolute Gasteiger partial charge is 0.339 e. The number of carbonyl (C=O) groups excluding carboxylic acids is 3. The second kappa shape index (κ2) is 11.1. The van der Waals surface area contributed by atoms with Crippen LogP contribution in [0.2, 0.25) is 5.02 Å². The Morgan fingerprint density at radius 1 is 1.13 bits per heavy atom. The van der Waals surface area contributed by atoms with E-state index >= 15 is 0 Å². The van der Waals surface area contributed by atoms with Crippen molar-refractivity contribution >= 4 is 35.2 Å². The number of carbonyl (C=O) groups is 3. The summed E-state index contributed by atoms with van der Waals surface area (Å²) in [7, 11) is 1.42. The fourth-order valence-electron chi connectivity index (χ4n) is 2.36. The summed E-state index contributed by atoms with van der Waals surface area (Å²) in [6, 6.07) is 10.6. The number of hydrogen-bond acceptors (Lipinski definition) is 6. The van der Waals surface area contributed by atoms with E-state index in [4.69, 9.17) is 25.8 Å². The van der Waals surface area contributed by atoms with Gasteiger partial charge >= 0.3 is 12.0 Å². The van der Waals surface area contributed by atoms with Crippen molar-refractivity contribution < 1.29 is 28.6 Å². The number of halogens is 1. The number of ether oxygens (including phenoxy) is 3. The lowest BCUT2D eigenvalue weighted by molar-refractivity contribution is -0.127. The number of nitrogens with one attached hydrogen (secondary N) is 2. The Kier molecular flexibility index (Phi) is 8.49. The standard InChI is InChI=1S/C21H23ClN2O6/c1-4-10-29-18-16(22)11-14(12-17(18)28-3)20(26)30-13(2)19(25)24-21(27)23-15-8-6-5-7-9-15/h5-9,11-13H,4,10H2,1-3H3,(H2,23,24,25,27). The Balaban J connectivity index is 1.99. The number of para-hydroxylation sites is 1. The van der Waals surface area contributed by atoms with E-state index in [0.717, 1.165) is 6.42 Å². The summed E-state index contributed by atoms with van der Waals surface area (Å²) in [6.07, 6.45) is -0.451. The van der Waals surface area contributed by atoms with Crippen LogP contribution in [0.3, 0.4) is 0 Å². The van der Waals surface area contributed by atoms with Crippen LogP contribution in [0.1, 0.15) is 30.6 Å². The van der Waals surface area contributed by atoms with Crippen LogP contribution in [-0.4, -0.2) is 37.7 Å². The Bertz CT molecular complexity index is 904. The number of benzene rings is 2. The maximum atomic E-state index is 12.4. The Morgan fingerprint density at radius 2 is 1.83 bits per heavy atom. The summed E-state index contributed by atoms with van der Waals surface area (Å²) in [5.74, 6) is -0.996. The van der Waals surface area contributed by atoms with Crippen LogP contribution in [0.5, 0.6) is 11.5 Å². The largest absolute Gasteiger partial charge is 0.493 e. The number of rotatable bonds is 8. The predicted octanol–water partition coefficient (Wildman–Crippen LogP) is 4.03. The van der Waals surface area contributed by atoms with Crippen LogP contribution in [0.15, 0.2) is 42.5 Å². The number of esters is 1. The van der Waals surface area contributed by atoms with Gasteiger partial charge in [-0.1, -0.05) is 36.7 Å². The number of urea groups is 1. The van der Waals surface area contributed by atoms with Gasteiger partial charge in [-0.25, -0.2) is 9.59 Å². The second-order valence-corrected chi connectivity index (χ2v) is 6.60. The van der Waals surface area contributed by atoms with E-state index in [1.54, 1.807) is 30.3 Å². The number of amides is 3. The van der Waals surface area contributed by atoms with Gasteiger partial charge in [-0.05, 0) is 37.6 Å². The lowest BCUT2D eigenvalue weighted by atomic mass is 10.2. The van der Waals surface area contributed by atoms with Gasteiger partial charge in [0, 0.05) is 5.69 Å². The molecule has 0 heterocycles. The number of hydrogen-bond donors (Lipinski definition) is 2. The Morgan fingerprint density at radius 3 is 2.47 bits per heavy atom. The first-order valence-corrected chi connectivity index (χ1v) is 9.61. The van der Waals surface area contributed by atoms with E-state index in [1.807, 2.05) is 6.92 Å². The molecule has 0 spiro atoms. The van der Waals surface area contributed by atoms with Gasteiger partial charge in [0.25, 0.3) is 5.91 Å². The molecule has 0 aliphatic rings. The molecular weight excluding hydrogens is 412 g/mol. The highest BCUT2D eigenvalue weighted by molar-refractivity contribution is 6.32. The molecule has 3 amide bonds. The van der Waals surface area contributed by atoms with Gasteiger partial charge in [0.15, 0.2) is 17.6 Å². The summed E-state index contributed by atoms with van der Waals surface area (Å²) in [5, 5.41) is 4.79. The second-order valence-electron chi connectivity index (χ2n) is 6.19. The third kappa shape index (κ3) is 6.38. The van der Waals surface area contributed by atoms with Crippen LogP contribution < -0.4 is 20.1 Å². The predicted molar refractivity (Wildman–Crippen MR) is 112 cm³/mol. The van der Waals surface area contributed by atoms with Crippen molar-refractivity contribution in [3.05, 3.63) is 53.1 Å². The molecule has 0 saturated heterocycles. The molecule has 0 saturated carbocycles. The zero-order chi connectivity index (χ0) is 22.1. The van der Waals surface area contributed by atoms with Gasteiger partial charge in [0.2, 0.25) is 0 Å². The van der Waals surface area contributed by atoms with Gasteiger partial charge in [0.1, 0.15) is 0 Å². The SMILES string of the molecule is CCCOc1c(Cl)cc(C(=O)OC(C)C(=O)NC(=O)Nc2ccccc2)cc1OC. The van der Waals surface area contributed by atoms with Crippen molar-refractivity contribution in [1.29, 1.82) is 0 Å². The van der Waals surface area contributed by atoms with Crippen LogP contribution in [-0.2, 0) is 9.53 Å². The van der Waals surface area contributed by atoms with Crippen LogP contribution in [0, 0.1) is 0 Å². The van der Waals surface area contributed by atoms with Gasteiger partial charge in [-0.3, -0.25) is 10.1 Å². The molecule has 8 nitrogen and oxygen atoms in total. The average molecular weight is 435 g/mol. The molecule has 0 aliphatic heterocycles. The molecule has 160 valence electrons. The molecular formula is C21H23ClN2O6. The van der Waals surface area contributed by atoms with E-state index in [-0.39, 0.29) is 16.3 Å². The lowest BCUT2D eigenvalue weighted by Crippen LogP contribution is -2.41. The third-order valence-electron chi connectivity index (χ3n) is 3.84. The lowest BCUT2D eigenvalue weighted by Gasteiger charge is -2.16. The van der Waals surface area contributed by atoms with E-state index in [0.29, 0.717) is 18.0 Å². The van der Waals surface area contributed by atoms with E-state index in [1.165, 1.54) is 26.2 Å². The first-order chi connectivity index (χ1) is 14.3. The monoisotopic (exact) mass is 434 g/mol. The maximum Gasteiger partial charge on any atom is 0.339 e. The molecule has 2 aromatic rings. The summed E-state index contributed by atoms with van der Waals surface area (Å²) >= 11 is 6.19. The van der Waals surface area contributed by atoms with Gasteiger partial charge in [0.05, 0.1) is 24.3 Å². The van der Waals surface area contributed by atoms with E-state index in [2.05, 4.69) is 10.6 Å². The quantitative estimate of drug-likeness (QED) is 0.608. The highest BCUT2D eigenvalue weighted by Crippen LogP contribution is 2.36. The van der Waals surface area contributed by atoms with E-state index in [9.17, 15) is 14.4 Å². The summed E-state index contributed by atoms with van der Waals surface area (Å²) in [4.78, 5) is 36.5. The van der Waals surface area contributed by atoms with Crippen molar-refractivity contribution in [2.45, 2.75) is 26.4 Å². The molecule has 0 aromatic heterocycles. The van der Waals surface area contributed by atoms with Gasteiger partial charge in [-0.2, -0.15) is 0 Å². The van der Waals surface area contributed by atoms with Crippen LogP contribution in [0.4, 0.5) is 10.5 Å². The van der Waals surface area contributed by atoms with Crippen molar-refractivity contribution in [2.75, 3.05) is 19.0 Å². The number of methoxy groups -OCH3 is 1. The average Bonchev–Trinajstić information content (AvgIpc) is 2.72. The molecule has 0 radical (unpaired) electrons. The summed E-state index contributed by atoms with van der Waals surface area (Å²) in [5.41, 5.74) is 0.591. The van der Waals surface area contributed by atoms with Crippen molar-refractivity contribution in [3.63, 3.8) is 0 Å². The number of imide groups is 1. The molecule has 2 N–H and O–H groups in total. The molecule has 0 fully saturated rings. The maximum absolute atomic E-state index is 12.4. The van der Waals surface area contributed by atoms with E-state index < -0.39 is 24.0 Å². The Labute approximate surface area is 179 Å². The first-order valence-electron chi connectivity index (χ1n) is 9.23. The highest BCUT2D eigenvalue weighted by atomic mass is 35.5. The van der Waals surface area contributed by atoms with Gasteiger partial charge in [-0.15, -0.1) is 0 Å². The molecule has 0 aliphatic carbocycles. The zero-order valence-corrected chi connectivity index (χ0v) is 17.6. The minimum absolute atomic E-state index is 0.0779. The van der Waals surface area contributed by atoms with Crippen LogP contribution in [0.25, 0.3) is 0 Å². The minimum atomic E-state index is -1.22. The third-order valence-corrected chi connectivity index (χ3v) is 4.12. The van der Waals surface area contributed by atoms with Crippen molar-refractivity contribution in [3.8, 4) is 11.5 Å². The molecule has 9 heteroatoms. The summed E-state index contributed by atoms with van der Waals surface area (Å²) in [6.45, 7) is 3.72. The fourth-order valence-corrected chi connectivity index (χ4v) is 2.63. The fraction of sp³-hybridized carbons (Fsp3) is 0.286. The van der Waals surface area contributed by atoms with Crippen molar-refractivity contribution in [2.24, 2.45) is 0 Å². The highest BCUT2D eigenvalue weighted by Gasteiger charge is 2.23. The molecule has 2 aromatic carbocycles. The molecule has 0 bridgehead atoms. The molecule has 1 atom stereocenters.